The maximum atomic E-state index is 12.2. The molecule has 1 amide bonds. The van der Waals surface area contributed by atoms with Crippen molar-refractivity contribution in [1.29, 1.82) is 0 Å². The Bertz CT molecular complexity index is 358. The molecule has 0 aromatic heterocycles. The van der Waals surface area contributed by atoms with Gasteiger partial charge in [-0.05, 0) is 24.9 Å². The molecule has 1 aliphatic rings. The first-order valence-electron chi connectivity index (χ1n) is 6.27. The van der Waals surface area contributed by atoms with Crippen LogP contribution in [0.2, 0.25) is 0 Å². The Labute approximate surface area is 103 Å². The number of amides is 1. The Hall–Kier alpha value is -1.35. The molecule has 3 nitrogen and oxygen atoms in total. The molecule has 0 bridgehead atoms. The molecule has 17 heavy (non-hydrogen) atoms. The number of rotatable bonds is 3. The van der Waals surface area contributed by atoms with Gasteiger partial charge in [-0.2, -0.15) is 0 Å². The second-order valence-electron chi connectivity index (χ2n) is 4.72. The summed E-state index contributed by atoms with van der Waals surface area (Å²) in [5.41, 5.74) is 1.19. The van der Waals surface area contributed by atoms with Gasteiger partial charge in [0.2, 0.25) is 5.91 Å². The lowest BCUT2D eigenvalue weighted by atomic mass is 9.98. The lowest BCUT2D eigenvalue weighted by molar-refractivity contribution is -0.135. The van der Waals surface area contributed by atoms with Crippen LogP contribution in [-0.2, 0) is 11.3 Å². The van der Waals surface area contributed by atoms with E-state index in [2.05, 4.69) is 17.4 Å². The fourth-order valence-electron chi connectivity index (χ4n) is 2.31. The first kappa shape index (κ1) is 12.1. The molecule has 1 saturated heterocycles. The lowest BCUT2D eigenvalue weighted by Crippen LogP contribution is -2.41. The molecule has 1 N–H and O–H groups in total. The first-order chi connectivity index (χ1) is 8.27. The van der Waals surface area contributed by atoms with E-state index in [1.807, 2.05) is 30.1 Å². The van der Waals surface area contributed by atoms with Crippen LogP contribution in [0.4, 0.5) is 0 Å². The molecular weight excluding hydrogens is 212 g/mol. The van der Waals surface area contributed by atoms with Crippen molar-refractivity contribution in [1.82, 2.24) is 10.2 Å². The van der Waals surface area contributed by atoms with Crippen LogP contribution in [0.3, 0.4) is 0 Å². The van der Waals surface area contributed by atoms with E-state index in [1.54, 1.807) is 0 Å². The van der Waals surface area contributed by atoms with Crippen molar-refractivity contribution >= 4 is 5.91 Å². The maximum Gasteiger partial charge on any atom is 0.227 e. The van der Waals surface area contributed by atoms with Crippen LogP contribution >= 0.6 is 0 Å². The summed E-state index contributed by atoms with van der Waals surface area (Å²) < 4.78 is 0. The molecular formula is C14H20N2O. The standard InChI is InChI=1S/C14H20N2O/c1-16(11-12-6-3-2-4-7-12)14(17)13-8-5-9-15-10-13/h2-4,6-7,13,15H,5,8-11H2,1H3/t13-/m0/s1. The van der Waals surface area contributed by atoms with Crippen molar-refractivity contribution in [3.63, 3.8) is 0 Å². The van der Waals surface area contributed by atoms with Crippen LogP contribution in [0.1, 0.15) is 18.4 Å². The van der Waals surface area contributed by atoms with Crippen molar-refractivity contribution < 1.29 is 4.79 Å². The largest absolute Gasteiger partial charge is 0.341 e. The fourth-order valence-corrected chi connectivity index (χ4v) is 2.31. The van der Waals surface area contributed by atoms with E-state index >= 15 is 0 Å². The minimum Gasteiger partial charge on any atom is -0.341 e. The van der Waals surface area contributed by atoms with E-state index in [-0.39, 0.29) is 11.8 Å². The molecule has 0 aliphatic carbocycles. The predicted octanol–water partition coefficient (Wildman–Crippen LogP) is 1.64. The van der Waals surface area contributed by atoms with Crippen LogP contribution < -0.4 is 5.32 Å². The summed E-state index contributed by atoms with van der Waals surface area (Å²) in [4.78, 5) is 14.0. The first-order valence-corrected chi connectivity index (χ1v) is 6.27. The molecule has 92 valence electrons. The SMILES string of the molecule is CN(Cc1ccccc1)C(=O)[C@H]1CCCNC1. The van der Waals surface area contributed by atoms with Gasteiger partial charge in [0.15, 0.2) is 0 Å². The van der Waals surface area contributed by atoms with E-state index in [0.29, 0.717) is 6.54 Å². The monoisotopic (exact) mass is 232 g/mol. The van der Waals surface area contributed by atoms with Gasteiger partial charge < -0.3 is 10.2 Å². The number of nitrogens with one attached hydrogen (secondary N) is 1. The highest BCUT2D eigenvalue weighted by molar-refractivity contribution is 5.78. The van der Waals surface area contributed by atoms with Gasteiger partial charge in [0.25, 0.3) is 0 Å². The Balaban J connectivity index is 1.90. The molecule has 1 aromatic rings. The van der Waals surface area contributed by atoms with Gasteiger partial charge in [0.05, 0.1) is 5.92 Å². The van der Waals surface area contributed by atoms with Crippen LogP contribution in [0.25, 0.3) is 0 Å². The van der Waals surface area contributed by atoms with E-state index in [4.69, 9.17) is 0 Å². The van der Waals surface area contributed by atoms with Gasteiger partial charge in [-0.15, -0.1) is 0 Å². The summed E-state index contributed by atoms with van der Waals surface area (Å²) >= 11 is 0. The number of piperidine rings is 1. The highest BCUT2D eigenvalue weighted by Crippen LogP contribution is 2.14. The van der Waals surface area contributed by atoms with Crippen molar-refractivity contribution in [2.24, 2.45) is 5.92 Å². The Morgan fingerprint density at radius 1 is 1.41 bits per heavy atom. The molecule has 0 spiro atoms. The molecule has 1 fully saturated rings. The van der Waals surface area contributed by atoms with Gasteiger partial charge in [-0.3, -0.25) is 4.79 Å². The zero-order valence-electron chi connectivity index (χ0n) is 10.4. The molecule has 0 radical (unpaired) electrons. The average molecular weight is 232 g/mol. The van der Waals surface area contributed by atoms with Gasteiger partial charge in [-0.25, -0.2) is 0 Å². The van der Waals surface area contributed by atoms with Gasteiger partial charge in [-0.1, -0.05) is 30.3 Å². The summed E-state index contributed by atoms with van der Waals surface area (Å²) in [7, 11) is 1.89. The summed E-state index contributed by atoms with van der Waals surface area (Å²) in [5.74, 6) is 0.429. The number of carbonyl (C=O) groups is 1. The molecule has 1 atom stereocenters. The van der Waals surface area contributed by atoms with Gasteiger partial charge in [0, 0.05) is 20.1 Å². The minimum atomic E-state index is 0.164. The van der Waals surface area contributed by atoms with E-state index < -0.39 is 0 Å². The molecule has 0 unspecified atom stereocenters. The predicted molar refractivity (Wildman–Crippen MR) is 68.5 cm³/mol. The third-order valence-electron chi connectivity index (χ3n) is 3.28. The lowest BCUT2D eigenvalue weighted by Gasteiger charge is -2.27. The number of nitrogens with zero attached hydrogens (tertiary/aromatic N) is 1. The third-order valence-corrected chi connectivity index (χ3v) is 3.28. The highest BCUT2D eigenvalue weighted by Gasteiger charge is 2.23. The van der Waals surface area contributed by atoms with Crippen molar-refractivity contribution in [3.05, 3.63) is 35.9 Å². The summed E-state index contributed by atoms with van der Waals surface area (Å²) in [6, 6.07) is 10.1. The summed E-state index contributed by atoms with van der Waals surface area (Å²) in [6.45, 7) is 2.58. The zero-order valence-corrected chi connectivity index (χ0v) is 10.4. The van der Waals surface area contributed by atoms with Crippen molar-refractivity contribution in [3.8, 4) is 0 Å². The van der Waals surface area contributed by atoms with Crippen LogP contribution in [0, 0.1) is 5.92 Å². The second kappa shape index (κ2) is 5.82. The minimum absolute atomic E-state index is 0.164. The molecule has 2 rings (SSSR count). The molecule has 0 saturated carbocycles. The maximum absolute atomic E-state index is 12.2. The van der Waals surface area contributed by atoms with Crippen LogP contribution in [-0.4, -0.2) is 30.9 Å². The van der Waals surface area contributed by atoms with E-state index in [1.165, 1.54) is 5.56 Å². The molecule has 1 aromatic carbocycles. The zero-order chi connectivity index (χ0) is 12.1. The Morgan fingerprint density at radius 2 is 2.18 bits per heavy atom. The Kier molecular flexibility index (Phi) is 4.15. The van der Waals surface area contributed by atoms with Crippen LogP contribution in [0.5, 0.6) is 0 Å². The van der Waals surface area contributed by atoms with Crippen molar-refractivity contribution in [2.75, 3.05) is 20.1 Å². The van der Waals surface area contributed by atoms with Gasteiger partial charge >= 0.3 is 0 Å². The number of hydrogen-bond acceptors (Lipinski definition) is 2. The van der Waals surface area contributed by atoms with Crippen molar-refractivity contribution in [2.45, 2.75) is 19.4 Å². The smallest absolute Gasteiger partial charge is 0.227 e. The van der Waals surface area contributed by atoms with Gasteiger partial charge in [0.1, 0.15) is 0 Å². The average Bonchev–Trinajstić information content (AvgIpc) is 2.40. The topological polar surface area (TPSA) is 32.3 Å². The number of carbonyl (C=O) groups excluding carboxylic acids is 1. The summed E-state index contributed by atoms with van der Waals surface area (Å²) in [5, 5.41) is 3.29. The molecule has 1 heterocycles. The van der Waals surface area contributed by atoms with E-state index in [0.717, 1.165) is 25.9 Å². The fraction of sp³-hybridized carbons (Fsp3) is 0.500. The number of benzene rings is 1. The van der Waals surface area contributed by atoms with Crippen LogP contribution in [0.15, 0.2) is 30.3 Å². The normalized spacial score (nSPS) is 19.9. The molecule has 1 aliphatic heterocycles. The van der Waals surface area contributed by atoms with E-state index in [9.17, 15) is 4.79 Å². The Morgan fingerprint density at radius 3 is 2.82 bits per heavy atom. The quantitative estimate of drug-likeness (QED) is 0.859. The second-order valence-corrected chi connectivity index (χ2v) is 4.72. The highest BCUT2D eigenvalue weighted by atomic mass is 16.2. The molecule has 3 heteroatoms. The summed E-state index contributed by atoms with van der Waals surface area (Å²) in [6.07, 6.45) is 2.13. The third kappa shape index (κ3) is 3.30. The number of hydrogen-bond donors (Lipinski definition) is 1.